The molecule has 0 unspecified atom stereocenters. The molecule has 116 valence electrons. The zero-order valence-corrected chi connectivity index (χ0v) is 14.2. The van der Waals surface area contributed by atoms with Crippen molar-refractivity contribution in [3.8, 4) is 0 Å². The lowest BCUT2D eigenvalue weighted by Crippen LogP contribution is -2.05. The number of hydrogen-bond donors (Lipinski definition) is 1. The molecule has 1 aromatic carbocycles. The second-order valence-electron chi connectivity index (χ2n) is 5.67. The van der Waals surface area contributed by atoms with Gasteiger partial charge in [-0.05, 0) is 29.4 Å². The molecular weight excluding hydrogens is 248 g/mol. The highest BCUT2D eigenvalue weighted by atomic mass is 16.4. The topological polar surface area (TPSA) is 37.3 Å². The fourth-order valence-corrected chi connectivity index (χ4v) is 1.53. The van der Waals surface area contributed by atoms with Gasteiger partial charge >= 0.3 is 5.97 Å². The molecule has 1 rings (SSSR count). The third-order valence-corrected chi connectivity index (χ3v) is 2.09. The third-order valence-electron chi connectivity index (χ3n) is 2.09. The molecule has 0 aromatic heterocycles. The molecule has 0 fully saturated rings. The van der Waals surface area contributed by atoms with Gasteiger partial charge in [0, 0.05) is 0 Å². The molecule has 1 aromatic rings. The normalized spacial score (nSPS) is 9.45. The van der Waals surface area contributed by atoms with Crippen LogP contribution >= 0.6 is 0 Å². The van der Waals surface area contributed by atoms with E-state index in [4.69, 9.17) is 5.11 Å². The molecule has 0 aliphatic rings. The Kier molecular flexibility index (Phi) is 13.3. The Labute approximate surface area is 125 Å². The van der Waals surface area contributed by atoms with Gasteiger partial charge in [-0.15, -0.1) is 0 Å². The first-order chi connectivity index (χ1) is 9.32. The van der Waals surface area contributed by atoms with Crippen molar-refractivity contribution in [1.29, 1.82) is 0 Å². The van der Waals surface area contributed by atoms with Gasteiger partial charge in [0.1, 0.15) is 0 Å². The van der Waals surface area contributed by atoms with Crippen molar-refractivity contribution in [3.05, 3.63) is 35.4 Å². The Morgan fingerprint density at radius 1 is 1.00 bits per heavy atom. The average Bonchev–Trinajstić information content (AvgIpc) is 2.32. The van der Waals surface area contributed by atoms with Crippen LogP contribution in [-0.4, -0.2) is 11.1 Å². The zero-order chi connectivity index (χ0) is 16.1. The van der Waals surface area contributed by atoms with Gasteiger partial charge in [-0.3, -0.25) is 4.79 Å². The van der Waals surface area contributed by atoms with E-state index in [1.54, 1.807) is 0 Å². The summed E-state index contributed by atoms with van der Waals surface area (Å²) in [5, 5.41) is 8.73. The largest absolute Gasteiger partial charge is 0.481 e. The van der Waals surface area contributed by atoms with E-state index >= 15 is 0 Å². The minimum Gasteiger partial charge on any atom is -0.481 e. The molecule has 0 saturated carbocycles. The summed E-state index contributed by atoms with van der Waals surface area (Å²) in [6.45, 7) is 14.8. The molecule has 0 atom stereocenters. The molecule has 20 heavy (non-hydrogen) atoms. The maximum atomic E-state index is 10.6. The lowest BCUT2D eigenvalue weighted by Gasteiger charge is -2.09. The molecular formula is C18H32O2. The van der Waals surface area contributed by atoms with Gasteiger partial charge in [-0.25, -0.2) is 0 Å². The van der Waals surface area contributed by atoms with Gasteiger partial charge in [-0.2, -0.15) is 0 Å². The molecule has 0 heterocycles. The predicted octanol–water partition coefficient (Wildman–Crippen LogP) is 5.20. The van der Waals surface area contributed by atoms with Crippen molar-refractivity contribution in [2.24, 2.45) is 11.8 Å². The molecule has 2 nitrogen and oxygen atoms in total. The van der Waals surface area contributed by atoms with Crippen LogP contribution in [-0.2, 0) is 17.6 Å². The van der Waals surface area contributed by atoms with Crippen LogP contribution in [0.4, 0.5) is 0 Å². The Balaban J connectivity index is 0. The van der Waals surface area contributed by atoms with Gasteiger partial charge in [-0.1, -0.05) is 72.7 Å². The van der Waals surface area contributed by atoms with Crippen LogP contribution in [0.2, 0.25) is 0 Å². The first kappa shape index (κ1) is 21.0. The summed E-state index contributed by atoms with van der Waals surface area (Å²) in [7, 11) is 0. The summed E-state index contributed by atoms with van der Waals surface area (Å²) >= 11 is 0. The Bertz CT molecular complexity index is 351. The molecule has 2 heteroatoms. The molecule has 0 saturated heterocycles. The summed E-state index contributed by atoms with van der Waals surface area (Å²) in [5.74, 6) is 0.631. The fourth-order valence-electron chi connectivity index (χ4n) is 1.53. The maximum Gasteiger partial charge on any atom is 0.307 e. The highest BCUT2D eigenvalue weighted by Crippen LogP contribution is 2.14. The van der Waals surface area contributed by atoms with Crippen LogP contribution in [0.3, 0.4) is 0 Å². The third kappa shape index (κ3) is 13.1. The number of aliphatic carboxylic acids is 1. The predicted molar refractivity (Wildman–Crippen MR) is 88.2 cm³/mol. The molecule has 0 spiro atoms. The van der Waals surface area contributed by atoms with E-state index in [2.05, 4.69) is 34.6 Å². The van der Waals surface area contributed by atoms with Crippen LogP contribution < -0.4 is 0 Å². The van der Waals surface area contributed by atoms with E-state index in [9.17, 15) is 4.79 Å². The van der Waals surface area contributed by atoms with Gasteiger partial charge in [0.2, 0.25) is 0 Å². The monoisotopic (exact) mass is 280 g/mol. The van der Waals surface area contributed by atoms with Crippen LogP contribution in [0.15, 0.2) is 24.3 Å². The van der Waals surface area contributed by atoms with E-state index < -0.39 is 5.97 Å². The highest BCUT2D eigenvalue weighted by Gasteiger charge is 2.07. The van der Waals surface area contributed by atoms with Gasteiger partial charge in [0.05, 0.1) is 6.42 Å². The van der Waals surface area contributed by atoms with E-state index in [1.807, 2.05) is 38.1 Å². The molecule has 0 amide bonds. The number of carbonyl (C=O) groups is 1. The van der Waals surface area contributed by atoms with E-state index in [0.717, 1.165) is 23.5 Å². The number of rotatable bonds is 4. The van der Waals surface area contributed by atoms with Crippen LogP contribution in [0, 0.1) is 11.8 Å². The Hall–Kier alpha value is -1.31. The van der Waals surface area contributed by atoms with Crippen molar-refractivity contribution in [1.82, 2.24) is 0 Å². The summed E-state index contributed by atoms with van der Waals surface area (Å²) < 4.78 is 0. The first-order valence-corrected chi connectivity index (χ1v) is 7.61. The summed E-state index contributed by atoms with van der Waals surface area (Å²) in [6.07, 6.45) is 1.08. The second kappa shape index (κ2) is 12.7. The summed E-state index contributed by atoms with van der Waals surface area (Å²) in [5.41, 5.74) is 2.10. The van der Waals surface area contributed by atoms with Crippen molar-refractivity contribution in [2.75, 3.05) is 0 Å². The quantitative estimate of drug-likeness (QED) is 0.823. The Morgan fingerprint density at radius 2 is 1.40 bits per heavy atom. The van der Waals surface area contributed by atoms with Crippen LogP contribution in [0.5, 0.6) is 0 Å². The second-order valence-corrected chi connectivity index (χ2v) is 5.67. The van der Waals surface area contributed by atoms with Crippen molar-refractivity contribution in [2.45, 2.75) is 61.3 Å². The fraction of sp³-hybridized carbons (Fsp3) is 0.611. The number of carboxylic acids is 1. The van der Waals surface area contributed by atoms with Crippen LogP contribution in [0.1, 0.15) is 59.6 Å². The molecule has 0 radical (unpaired) electrons. The lowest BCUT2D eigenvalue weighted by atomic mass is 9.96. The minimum atomic E-state index is -0.763. The molecule has 1 N–H and O–H groups in total. The Morgan fingerprint density at radius 3 is 1.75 bits per heavy atom. The van der Waals surface area contributed by atoms with Crippen molar-refractivity contribution in [3.63, 3.8) is 0 Å². The lowest BCUT2D eigenvalue weighted by molar-refractivity contribution is -0.136. The molecule has 0 aliphatic carbocycles. The summed E-state index contributed by atoms with van der Waals surface area (Å²) in [4.78, 5) is 10.6. The van der Waals surface area contributed by atoms with Gasteiger partial charge in [0.15, 0.2) is 0 Å². The van der Waals surface area contributed by atoms with Crippen molar-refractivity contribution < 1.29 is 9.90 Å². The SMILES string of the molecule is CC.CC(C)C.CC(C)Cc1ccccc1CC(=O)O. The first-order valence-electron chi connectivity index (χ1n) is 7.61. The number of carboxylic acid groups (broad SMARTS) is 1. The standard InChI is InChI=1S/C12H16O2.C4H10.C2H6/c1-9(2)7-10-5-3-4-6-11(10)8-12(13)14;1-4(2)3;1-2/h3-6,9H,7-8H2,1-2H3,(H,13,14);4H,1-3H3;1-2H3. The molecule has 0 bridgehead atoms. The van der Waals surface area contributed by atoms with E-state index in [0.29, 0.717) is 5.92 Å². The van der Waals surface area contributed by atoms with Crippen LogP contribution in [0.25, 0.3) is 0 Å². The summed E-state index contributed by atoms with van der Waals surface area (Å²) in [6, 6.07) is 7.76. The zero-order valence-electron chi connectivity index (χ0n) is 14.2. The number of hydrogen-bond acceptors (Lipinski definition) is 1. The smallest absolute Gasteiger partial charge is 0.307 e. The van der Waals surface area contributed by atoms with Gasteiger partial charge < -0.3 is 5.11 Å². The van der Waals surface area contributed by atoms with E-state index in [1.165, 1.54) is 0 Å². The average molecular weight is 280 g/mol. The van der Waals surface area contributed by atoms with E-state index in [-0.39, 0.29) is 6.42 Å². The van der Waals surface area contributed by atoms with Crippen molar-refractivity contribution >= 4 is 5.97 Å². The number of benzene rings is 1. The molecule has 0 aliphatic heterocycles. The maximum absolute atomic E-state index is 10.6. The minimum absolute atomic E-state index is 0.128. The van der Waals surface area contributed by atoms with Gasteiger partial charge in [0.25, 0.3) is 0 Å². The highest BCUT2D eigenvalue weighted by molar-refractivity contribution is 5.70.